The van der Waals surface area contributed by atoms with E-state index in [1.54, 1.807) is 19.1 Å². The van der Waals surface area contributed by atoms with Crippen molar-refractivity contribution in [1.82, 2.24) is 10.3 Å². The van der Waals surface area contributed by atoms with Crippen LogP contribution >= 0.6 is 0 Å². The van der Waals surface area contributed by atoms with E-state index in [9.17, 15) is 18.8 Å². The van der Waals surface area contributed by atoms with Crippen LogP contribution in [0.15, 0.2) is 47.1 Å². The average molecular weight is 496 g/mol. The standard InChI is InChI=1S/C26H26FN3O6/c1-4-16(3)28-26(33)19-12-36-24(29-19)11-30-20-10-17(5-7-23(20)35-14-25(30)32)21(31)13-34-22-8-6-18(27)9-15(22)2/h5-10,12,16H,4,11,13-14H2,1-3H3,(H,28,33). The van der Waals surface area contributed by atoms with Crippen LogP contribution in [0.2, 0.25) is 0 Å². The summed E-state index contributed by atoms with van der Waals surface area (Å²) in [6, 6.07) is 8.75. The fourth-order valence-electron chi connectivity index (χ4n) is 3.57. The smallest absolute Gasteiger partial charge is 0.273 e. The highest BCUT2D eigenvalue weighted by molar-refractivity contribution is 6.02. The summed E-state index contributed by atoms with van der Waals surface area (Å²) in [7, 11) is 0. The molecule has 1 aliphatic heterocycles. The Balaban J connectivity index is 1.49. The minimum Gasteiger partial charge on any atom is -0.485 e. The minimum atomic E-state index is -0.389. The fraction of sp³-hybridized carbons (Fsp3) is 0.308. The van der Waals surface area contributed by atoms with E-state index in [1.807, 2.05) is 13.8 Å². The Morgan fingerprint density at radius 3 is 2.81 bits per heavy atom. The van der Waals surface area contributed by atoms with Crippen LogP contribution in [-0.2, 0) is 11.3 Å². The molecule has 1 unspecified atom stereocenters. The molecule has 1 aromatic heterocycles. The molecule has 0 aliphatic carbocycles. The van der Waals surface area contributed by atoms with Crippen molar-refractivity contribution in [1.29, 1.82) is 0 Å². The van der Waals surface area contributed by atoms with Gasteiger partial charge in [0.1, 0.15) is 30.1 Å². The van der Waals surface area contributed by atoms with Crippen molar-refractivity contribution in [2.75, 3.05) is 18.1 Å². The lowest BCUT2D eigenvalue weighted by atomic mass is 10.1. The number of halogens is 1. The summed E-state index contributed by atoms with van der Waals surface area (Å²) in [6.07, 6.45) is 2.01. The number of ether oxygens (including phenoxy) is 2. The van der Waals surface area contributed by atoms with Gasteiger partial charge in [-0.05, 0) is 62.2 Å². The summed E-state index contributed by atoms with van der Waals surface area (Å²) >= 11 is 0. The minimum absolute atomic E-state index is 0.0164. The van der Waals surface area contributed by atoms with E-state index in [2.05, 4.69) is 10.3 Å². The van der Waals surface area contributed by atoms with Crippen LogP contribution < -0.4 is 19.7 Å². The molecule has 2 amide bonds. The Kier molecular flexibility index (Phi) is 7.33. The number of nitrogens with one attached hydrogen (secondary N) is 1. The molecule has 188 valence electrons. The highest BCUT2D eigenvalue weighted by Crippen LogP contribution is 2.34. The number of anilines is 1. The summed E-state index contributed by atoms with van der Waals surface area (Å²) < 4.78 is 29.8. The van der Waals surface area contributed by atoms with Crippen LogP contribution in [0.4, 0.5) is 10.1 Å². The second-order valence-electron chi connectivity index (χ2n) is 8.48. The Hall–Kier alpha value is -4.21. The third-order valence-electron chi connectivity index (χ3n) is 5.79. The van der Waals surface area contributed by atoms with E-state index in [0.717, 1.165) is 6.42 Å². The highest BCUT2D eigenvalue weighted by Gasteiger charge is 2.28. The molecule has 0 radical (unpaired) electrons. The van der Waals surface area contributed by atoms with Gasteiger partial charge in [-0.25, -0.2) is 9.37 Å². The van der Waals surface area contributed by atoms with Crippen LogP contribution in [0.25, 0.3) is 0 Å². The number of ketones is 1. The van der Waals surface area contributed by atoms with Gasteiger partial charge in [0.15, 0.2) is 24.7 Å². The summed E-state index contributed by atoms with van der Waals surface area (Å²) in [6.45, 7) is 5.02. The molecule has 2 heterocycles. The number of oxazole rings is 1. The normalized spacial score (nSPS) is 13.6. The molecule has 9 nitrogen and oxygen atoms in total. The number of aromatic nitrogens is 1. The number of hydrogen-bond acceptors (Lipinski definition) is 7. The molecule has 0 bridgehead atoms. The van der Waals surface area contributed by atoms with Crippen molar-refractivity contribution in [2.24, 2.45) is 0 Å². The van der Waals surface area contributed by atoms with E-state index in [-0.39, 0.29) is 60.8 Å². The largest absolute Gasteiger partial charge is 0.485 e. The van der Waals surface area contributed by atoms with E-state index < -0.39 is 0 Å². The number of nitrogens with zero attached hydrogens (tertiary/aromatic N) is 2. The Labute approximate surface area is 207 Å². The molecule has 0 spiro atoms. The van der Waals surface area contributed by atoms with Gasteiger partial charge in [0, 0.05) is 11.6 Å². The van der Waals surface area contributed by atoms with Gasteiger partial charge in [-0.15, -0.1) is 0 Å². The van der Waals surface area contributed by atoms with E-state index >= 15 is 0 Å². The number of aryl methyl sites for hydroxylation is 1. The van der Waals surface area contributed by atoms with Gasteiger partial charge in [0.25, 0.3) is 11.8 Å². The molecule has 4 rings (SSSR count). The fourth-order valence-corrected chi connectivity index (χ4v) is 3.57. The third kappa shape index (κ3) is 5.54. The highest BCUT2D eigenvalue weighted by atomic mass is 19.1. The summed E-state index contributed by atoms with van der Waals surface area (Å²) in [4.78, 5) is 43.4. The Morgan fingerprint density at radius 2 is 2.06 bits per heavy atom. The molecule has 10 heteroatoms. The maximum Gasteiger partial charge on any atom is 0.273 e. The number of rotatable bonds is 9. The van der Waals surface area contributed by atoms with Gasteiger partial charge >= 0.3 is 0 Å². The SMILES string of the molecule is CCC(C)NC(=O)c1coc(CN2C(=O)COc3ccc(C(=O)COc4ccc(F)cc4C)cc32)n1. The van der Waals surface area contributed by atoms with Crippen LogP contribution in [0.3, 0.4) is 0 Å². The Morgan fingerprint density at radius 1 is 1.25 bits per heavy atom. The number of benzene rings is 2. The number of carbonyl (C=O) groups is 3. The first kappa shape index (κ1) is 24.9. The monoisotopic (exact) mass is 495 g/mol. The van der Waals surface area contributed by atoms with Gasteiger partial charge in [0.05, 0.1) is 5.69 Å². The topological polar surface area (TPSA) is 111 Å². The second-order valence-corrected chi connectivity index (χ2v) is 8.48. The number of fused-ring (bicyclic) bond motifs is 1. The van der Waals surface area contributed by atoms with Crippen molar-refractivity contribution >= 4 is 23.3 Å². The van der Waals surface area contributed by atoms with E-state index in [0.29, 0.717) is 28.3 Å². The Bertz CT molecular complexity index is 1300. The number of amides is 2. The second kappa shape index (κ2) is 10.6. The summed E-state index contributed by atoms with van der Waals surface area (Å²) in [5.41, 5.74) is 1.36. The lowest BCUT2D eigenvalue weighted by Crippen LogP contribution is -2.38. The number of hydrogen-bond donors (Lipinski definition) is 1. The first-order valence-corrected chi connectivity index (χ1v) is 11.5. The molecule has 0 saturated carbocycles. The predicted octanol–water partition coefficient (Wildman–Crippen LogP) is 3.84. The van der Waals surface area contributed by atoms with Gasteiger partial charge < -0.3 is 19.2 Å². The van der Waals surface area contributed by atoms with Crippen LogP contribution in [-0.4, -0.2) is 41.8 Å². The maximum absolute atomic E-state index is 13.3. The molecule has 1 N–H and O–H groups in total. The number of Topliss-reactive ketones (excluding diaryl/α,β-unsaturated/α-hetero) is 1. The third-order valence-corrected chi connectivity index (χ3v) is 5.79. The lowest BCUT2D eigenvalue weighted by molar-refractivity contribution is -0.121. The average Bonchev–Trinajstić information content (AvgIpc) is 3.33. The van der Waals surface area contributed by atoms with Gasteiger partial charge in [-0.3, -0.25) is 19.3 Å². The predicted molar refractivity (Wildman–Crippen MR) is 128 cm³/mol. The summed E-state index contributed by atoms with van der Waals surface area (Å²) in [5.74, 6) is -0.453. The van der Waals surface area contributed by atoms with Crippen LogP contribution in [0, 0.1) is 12.7 Å². The maximum atomic E-state index is 13.3. The van der Waals surface area contributed by atoms with E-state index in [1.165, 1.54) is 35.4 Å². The molecule has 1 aliphatic rings. The van der Waals surface area contributed by atoms with Gasteiger partial charge in [0.2, 0.25) is 5.89 Å². The van der Waals surface area contributed by atoms with Crippen molar-refractivity contribution < 1.29 is 32.7 Å². The van der Waals surface area contributed by atoms with Crippen LogP contribution in [0.5, 0.6) is 11.5 Å². The first-order valence-electron chi connectivity index (χ1n) is 11.5. The zero-order valence-electron chi connectivity index (χ0n) is 20.2. The van der Waals surface area contributed by atoms with Crippen molar-refractivity contribution in [3.05, 3.63) is 71.2 Å². The van der Waals surface area contributed by atoms with Gasteiger partial charge in [-0.1, -0.05) is 6.92 Å². The molecule has 0 fully saturated rings. The zero-order chi connectivity index (χ0) is 25.8. The molecule has 3 aromatic rings. The first-order chi connectivity index (χ1) is 17.2. The molecule has 0 saturated heterocycles. The van der Waals surface area contributed by atoms with Gasteiger partial charge in [-0.2, -0.15) is 0 Å². The molecular weight excluding hydrogens is 469 g/mol. The van der Waals surface area contributed by atoms with Crippen molar-refractivity contribution in [3.63, 3.8) is 0 Å². The number of carbonyl (C=O) groups excluding carboxylic acids is 3. The molecular formula is C26H26FN3O6. The summed E-state index contributed by atoms with van der Waals surface area (Å²) in [5, 5.41) is 2.81. The van der Waals surface area contributed by atoms with E-state index in [4.69, 9.17) is 13.9 Å². The lowest BCUT2D eigenvalue weighted by Gasteiger charge is -2.28. The molecule has 2 aromatic carbocycles. The van der Waals surface area contributed by atoms with Crippen molar-refractivity contribution in [2.45, 2.75) is 39.8 Å². The quantitative estimate of drug-likeness (QED) is 0.449. The van der Waals surface area contributed by atoms with Crippen LogP contribution in [0.1, 0.15) is 52.6 Å². The molecule has 36 heavy (non-hydrogen) atoms. The molecule has 1 atom stereocenters. The van der Waals surface area contributed by atoms with Crippen molar-refractivity contribution in [3.8, 4) is 11.5 Å². The zero-order valence-corrected chi connectivity index (χ0v) is 20.2.